The minimum atomic E-state index is -0.101. The highest BCUT2D eigenvalue weighted by Crippen LogP contribution is 2.31. The summed E-state index contributed by atoms with van der Waals surface area (Å²) >= 11 is 0. The number of piperidine rings is 1. The lowest BCUT2D eigenvalue weighted by Crippen LogP contribution is -2.39. The molecule has 1 aliphatic rings. The van der Waals surface area contributed by atoms with Crippen LogP contribution in [0.5, 0.6) is 5.75 Å². The van der Waals surface area contributed by atoms with Crippen LogP contribution in [0.15, 0.2) is 48.8 Å². The van der Waals surface area contributed by atoms with E-state index in [1.807, 2.05) is 29.2 Å². The Morgan fingerprint density at radius 2 is 1.93 bits per heavy atom. The molecule has 2 aromatic heterocycles. The average Bonchev–Trinajstić information content (AvgIpc) is 3.24. The number of carbonyl (C=O) groups excluding carboxylic acids is 1. The molecule has 27 heavy (non-hydrogen) atoms. The molecule has 0 aliphatic carbocycles. The fraction of sp³-hybridized carbons (Fsp3) is 0.300. The van der Waals surface area contributed by atoms with Crippen LogP contribution in [0.25, 0.3) is 11.4 Å². The first-order valence-electron chi connectivity index (χ1n) is 9.04. The third kappa shape index (κ3) is 3.53. The minimum Gasteiger partial charge on any atom is -0.497 e. The van der Waals surface area contributed by atoms with Gasteiger partial charge in [-0.05, 0) is 55.7 Å². The molecular weight excluding hydrogens is 342 g/mol. The van der Waals surface area contributed by atoms with Crippen LogP contribution in [0.3, 0.4) is 0 Å². The van der Waals surface area contributed by atoms with E-state index in [1.165, 1.54) is 0 Å². The third-order valence-electron chi connectivity index (χ3n) is 4.86. The number of amides is 1. The van der Waals surface area contributed by atoms with Crippen molar-refractivity contribution in [2.75, 3.05) is 13.7 Å². The zero-order valence-electron chi connectivity index (χ0n) is 15.1. The van der Waals surface area contributed by atoms with Crippen molar-refractivity contribution in [3.63, 3.8) is 0 Å². The maximum Gasteiger partial charge on any atom is 0.254 e. The van der Waals surface area contributed by atoms with Crippen LogP contribution >= 0.6 is 0 Å². The number of ether oxygens (including phenoxy) is 1. The largest absolute Gasteiger partial charge is 0.497 e. The number of hydrogen-bond donors (Lipinski definition) is 1. The molecule has 138 valence electrons. The molecule has 7 nitrogen and oxygen atoms in total. The summed E-state index contributed by atoms with van der Waals surface area (Å²) in [5, 5.41) is 7.37. The predicted molar refractivity (Wildman–Crippen MR) is 100 cm³/mol. The fourth-order valence-electron chi connectivity index (χ4n) is 3.41. The molecule has 0 spiro atoms. The molecule has 1 fully saturated rings. The number of methoxy groups -OCH3 is 1. The third-order valence-corrected chi connectivity index (χ3v) is 4.86. The summed E-state index contributed by atoms with van der Waals surface area (Å²) < 4.78 is 5.18. The molecule has 0 radical (unpaired) electrons. The number of aromatic nitrogens is 4. The maximum absolute atomic E-state index is 13.1. The topological polar surface area (TPSA) is 84.0 Å². The van der Waals surface area contributed by atoms with Crippen LogP contribution < -0.4 is 4.74 Å². The van der Waals surface area contributed by atoms with E-state index in [1.54, 1.807) is 31.6 Å². The van der Waals surface area contributed by atoms with Gasteiger partial charge in [-0.25, -0.2) is 4.98 Å². The van der Waals surface area contributed by atoms with Gasteiger partial charge in [-0.15, -0.1) is 0 Å². The van der Waals surface area contributed by atoms with Crippen molar-refractivity contribution in [2.45, 2.75) is 25.3 Å². The Hall–Kier alpha value is -3.22. The highest BCUT2D eigenvalue weighted by atomic mass is 16.5. The van der Waals surface area contributed by atoms with Gasteiger partial charge >= 0.3 is 0 Å². The number of pyridine rings is 1. The van der Waals surface area contributed by atoms with Gasteiger partial charge in [0.05, 0.1) is 13.2 Å². The molecule has 0 saturated carbocycles. The summed E-state index contributed by atoms with van der Waals surface area (Å²) in [6.07, 6.45) is 6.34. The van der Waals surface area contributed by atoms with E-state index in [4.69, 9.17) is 4.74 Å². The van der Waals surface area contributed by atoms with Crippen molar-refractivity contribution >= 4 is 5.91 Å². The molecular formula is C20H21N5O2. The Labute approximate surface area is 157 Å². The average molecular weight is 363 g/mol. The van der Waals surface area contributed by atoms with Gasteiger partial charge in [0.2, 0.25) is 0 Å². The van der Waals surface area contributed by atoms with Crippen LogP contribution in [0, 0.1) is 0 Å². The number of H-pyrrole nitrogens is 1. The van der Waals surface area contributed by atoms with E-state index in [9.17, 15) is 4.79 Å². The first kappa shape index (κ1) is 17.2. The van der Waals surface area contributed by atoms with Crippen molar-refractivity contribution in [3.8, 4) is 17.1 Å². The molecule has 1 unspecified atom stereocenters. The first-order chi connectivity index (χ1) is 13.3. The maximum atomic E-state index is 13.1. The van der Waals surface area contributed by atoms with Crippen molar-refractivity contribution in [1.82, 2.24) is 25.1 Å². The highest BCUT2D eigenvalue weighted by Gasteiger charge is 2.31. The molecule has 1 amide bonds. The SMILES string of the molecule is COc1ccc(C(=O)N2CCCCC2c2nc(-c3ccncc3)n[nH]2)cc1. The van der Waals surface area contributed by atoms with Gasteiger partial charge in [0.25, 0.3) is 5.91 Å². The lowest BCUT2D eigenvalue weighted by molar-refractivity contribution is 0.0600. The minimum absolute atomic E-state index is 0.00390. The zero-order valence-corrected chi connectivity index (χ0v) is 15.1. The van der Waals surface area contributed by atoms with E-state index in [-0.39, 0.29) is 11.9 Å². The number of likely N-dealkylation sites (tertiary alicyclic amines) is 1. The Kier molecular flexibility index (Phi) is 4.82. The summed E-state index contributed by atoms with van der Waals surface area (Å²) in [5.41, 5.74) is 1.55. The Balaban J connectivity index is 1.59. The van der Waals surface area contributed by atoms with Gasteiger partial charge in [-0.2, -0.15) is 5.10 Å². The molecule has 1 saturated heterocycles. The second kappa shape index (κ2) is 7.57. The standard InChI is InChI=1S/C20H21N5O2/c1-27-16-7-5-15(6-8-16)20(26)25-13-3-2-4-17(25)19-22-18(23-24-19)14-9-11-21-12-10-14/h5-12,17H,2-4,13H2,1H3,(H,22,23,24). The quantitative estimate of drug-likeness (QED) is 0.769. The van der Waals surface area contributed by atoms with Gasteiger partial charge in [0, 0.05) is 30.1 Å². The van der Waals surface area contributed by atoms with E-state index >= 15 is 0 Å². The van der Waals surface area contributed by atoms with Gasteiger partial charge < -0.3 is 9.64 Å². The fourth-order valence-corrected chi connectivity index (χ4v) is 3.41. The number of carbonyl (C=O) groups is 1. The Morgan fingerprint density at radius 3 is 2.67 bits per heavy atom. The number of aromatic amines is 1. The van der Waals surface area contributed by atoms with Crippen LogP contribution in [0.4, 0.5) is 0 Å². The van der Waals surface area contributed by atoms with E-state index in [0.29, 0.717) is 17.9 Å². The predicted octanol–water partition coefficient (Wildman–Crippen LogP) is 3.24. The molecule has 0 bridgehead atoms. The molecule has 1 atom stereocenters. The number of nitrogens with zero attached hydrogens (tertiary/aromatic N) is 4. The van der Waals surface area contributed by atoms with E-state index in [0.717, 1.165) is 36.4 Å². The summed E-state index contributed by atoms with van der Waals surface area (Å²) in [6, 6.07) is 10.9. The van der Waals surface area contributed by atoms with Crippen molar-refractivity contribution in [1.29, 1.82) is 0 Å². The molecule has 1 N–H and O–H groups in total. The Bertz CT molecular complexity index is 908. The molecule has 3 heterocycles. The number of hydrogen-bond acceptors (Lipinski definition) is 5. The molecule has 4 rings (SSSR count). The van der Waals surface area contributed by atoms with Crippen molar-refractivity contribution in [3.05, 3.63) is 60.2 Å². The van der Waals surface area contributed by atoms with Crippen LogP contribution in [0.2, 0.25) is 0 Å². The molecule has 7 heteroatoms. The van der Waals surface area contributed by atoms with E-state index < -0.39 is 0 Å². The number of nitrogens with one attached hydrogen (secondary N) is 1. The second-order valence-corrected chi connectivity index (χ2v) is 6.52. The first-order valence-corrected chi connectivity index (χ1v) is 9.04. The summed E-state index contributed by atoms with van der Waals surface area (Å²) in [6.45, 7) is 0.709. The smallest absolute Gasteiger partial charge is 0.254 e. The second-order valence-electron chi connectivity index (χ2n) is 6.52. The van der Waals surface area contributed by atoms with Crippen LogP contribution in [-0.4, -0.2) is 44.6 Å². The summed E-state index contributed by atoms with van der Waals surface area (Å²) in [5.74, 6) is 2.08. The monoisotopic (exact) mass is 363 g/mol. The molecule has 1 aliphatic heterocycles. The normalized spacial score (nSPS) is 16.9. The van der Waals surface area contributed by atoms with E-state index in [2.05, 4.69) is 20.2 Å². The van der Waals surface area contributed by atoms with Gasteiger partial charge in [-0.3, -0.25) is 14.9 Å². The van der Waals surface area contributed by atoms with Crippen LogP contribution in [0.1, 0.15) is 41.5 Å². The lowest BCUT2D eigenvalue weighted by atomic mass is 10.00. The van der Waals surface area contributed by atoms with Crippen molar-refractivity contribution < 1.29 is 9.53 Å². The summed E-state index contributed by atoms with van der Waals surface area (Å²) in [4.78, 5) is 23.6. The van der Waals surface area contributed by atoms with Gasteiger partial charge in [-0.1, -0.05) is 0 Å². The lowest BCUT2D eigenvalue weighted by Gasteiger charge is -2.34. The van der Waals surface area contributed by atoms with Gasteiger partial charge in [0.1, 0.15) is 11.6 Å². The Morgan fingerprint density at radius 1 is 1.15 bits per heavy atom. The molecule has 3 aromatic rings. The number of rotatable bonds is 4. The van der Waals surface area contributed by atoms with Gasteiger partial charge in [0.15, 0.2) is 5.82 Å². The van der Waals surface area contributed by atoms with Crippen molar-refractivity contribution in [2.24, 2.45) is 0 Å². The highest BCUT2D eigenvalue weighted by molar-refractivity contribution is 5.94. The molecule has 1 aromatic carbocycles. The number of benzene rings is 1. The van der Waals surface area contributed by atoms with Crippen LogP contribution in [-0.2, 0) is 0 Å². The summed E-state index contributed by atoms with van der Waals surface area (Å²) in [7, 11) is 1.61. The zero-order chi connectivity index (χ0) is 18.6.